The van der Waals surface area contributed by atoms with Crippen molar-refractivity contribution in [2.24, 2.45) is 0 Å². The van der Waals surface area contributed by atoms with Crippen LogP contribution < -0.4 is 5.32 Å². The Morgan fingerprint density at radius 2 is 1.35 bits per heavy atom. The Hall–Kier alpha value is -5.74. The zero-order chi connectivity index (χ0) is 31.8. The van der Waals surface area contributed by atoms with Gasteiger partial charge in [0.05, 0.1) is 11.9 Å². The Kier molecular flexibility index (Phi) is 9.82. The summed E-state index contributed by atoms with van der Waals surface area (Å²) < 4.78 is 67.2. The van der Waals surface area contributed by atoms with E-state index in [1.807, 2.05) is 28.7 Å². The summed E-state index contributed by atoms with van der Waals surface area (Å²) in [5.74, 6) is -4.95. The largest absolute Gasteiger partial charge is 0.490 e. The number of carbonyl (C=O) groups excluding carboxylic acids is 1. The molecule has 11 nitrogen and oxygen atoms in total. The lowest BCUT2D eigenvalue weighted by atomic mass is 10.1. The normalized spacial score (nSPS) is 11.0. The van der Waals surface area contributed by atoms with Gasteiger partial charge in [-0.05, 0) is 59.7 Å². The van der Waals surface area contributed by atoms with Gasteiger partial charge in [-0.3, -0.25) is 14.8 Å². The Morgan fingerprint density at radius 3 is 1.91 bits per heavy atom. The third-order valence-electron chi connectivity index (χ3n) is 5.10. The molecule has 0 bridgehead atoms. The number of carboxylic acid groups (broad SMARTS) is 2. The van der Waals surface area contributed by atoms with Crippen LogP contribution in [0.2, 0.25) is 0 Å². The van der Waals surface area contributed by atoms with Crippen LogP contribution in [0.3, 0.4) is 0 Å². The van der Waals surface area contributed by atoms with E-state index in [1.165, 1.54) is 0 Å². The molecule has 0 radical (unpaired) electrons. The zero-order valence-electron chi connectivity index (χ0n) is 21.3. The van der Waals surface area contributed by atoms with Gasteiger partial charge in [-0.25, -0.2) is 14.3 Å². The van der Waals surface area contributed by atoms with Gasteiger partial charge in [-0.15, -0.1) is 0 Å². The molecule has 0 saturated heterocycles. The highest BCUT2D eigenvalue weighted by atomic mass is 19.4. The average molecular weight is 608 g/mol. The summed E-state index contributed by atoms with van der Waals surface area (Å²) in [5.41, 5.74) is 4.14. The third kappa shape index (κ3) is 8.87. The van der Waals surface area contributed by atoms with E-state index in [4.69, 9.17) is 19.8 Å². The molecule has 5 aromatic rings. The van der Waals surface area contributed by atoms with E-state index in [2.05, 4.69) is 38.7 Å². The fourth-order valence-corrected chi connectivity index (χ4v) is 3.19. The van der Waals surface area contributed by atoms with Crippen LogP contribution in [0, 0.1) is 0 Å². The van der Waals surface area contributed by atoms with Crippen LogP contribution in [-0.4, -0.2) is 64.6 Å². The molecular weight excluding hydrogens is 590 g/mol. The first-order chi connectivity index (χ1) is 20.2. The van der Waals surface area contributed by atoms with Crippen LogP contribution in [0.4, 0.5) is 32.0 Å². The number of hydrogen-bond donors (Lipinski definition) is 3. The maximum Gasteiger partial charge on any atom is 0.490 e. The Bertz CT molecular complexity index is 1680. The van der Waals surface area contributed by atoms with Crippen LogP contribution in [0.1, 0.15) is 10.5 Å². The van der Waals surface area contributed by atoms with Crippen LogP contribution in [-0.2, 0) is 9.59 Å². The van der Waals surface area contributed by atoms with Crippen LogP contribution in [0.5, 0.6) is 0 Å². The van der Waals surface area contributed by atoms with Gasteiger partial charge in [0.25, 0.3) is 5.91 Å². The van der Waals surface area contributed by atoms with Crippen molar-refractivity contribution in [2.45, 2.75) is 12.4 Å². The van der Waals surface area contributed by atoms with Crippen molar-refractivity contribution in [2.75, 3.05) is 5.32 Å². The van der Waals surface area contributed by atoms with E-state index in [0.717, 1.165) is 22.5 Å². The molecule has 0 saturated carbocycles. The number of alkyl halides is 6. The molecule has 43 heavy (non-hydrogen) atoms. The minimum Gasteiger partial charge on any atom is -0.475 e. The first kappa shape index (κ1) is 31.8. The number of anilines is 1. The van der Waals surface area contributed by atoms with Crippen molar-refractivity contribution >= 4 is 29.0 Å². The van der Waals surface area contributed by atoms with Gasteiger partial charge in [0, 0.05) is 36.5 Å². The first-order valence-corrected chi connectivity index (χ1v) is 11.6. The van der Waals surface area contributed by atoms with Crippen molar-refractivity contribution in [1.29, 1.82) is 0 Å². The molecule has 0 aliphatic rings. The van der Waals surface area contributed by atoms with Crippen molar-refractivity contribution in [1.82, 2.24) is 24.1 Å². The highest BCUT2D eigenvalue weighted by Gasteiger charge is 2.38. The summed E-state index contributed by atoms with van der Waals surface area (Å²) in [5, 5.41) is 21.5. The van der Waals surface area contributed by atoms with E-state index in [1.54, 1.807) is 53.9 Å². The first-order valence-electron chi connectivity index (χ1n) is 11.6. The predicted octanol–water partition coefficient (Wildman–Crippen LogP) is 5.10. The molecule has 5 rings (SSSR count). The lowest BCUT2D eigenvalue weighted by molar-refractivity contribution is -0.193. The monoisotopic (exact) mass is 608 g/mol. The summed E-state index contributed by atoms with van der Waals surface area (Å²) in [6, 6.07) is 17.3. The number of nitrogens with zero attached hydrogens (tertiary/aromatic N) is 5. The number of aliphatic carboxylic acids is 2. The summed E-state index contributed by atoms with van der Waals surface area (Å²) in [6.45, 7) is 0. The summed E-state index contributed by atoms with van der Waals surface area (Å²) in [7, 11) is 0. The number of nitrogens with one attached hydrogen (secondary N) is 1. The van der Waals surface area contributed by atoms with Crippen molar-refractivity contribution in [3.05, 3.63) is 97.5 Å². The molecule has 0 fully saturated rings. The van der Waals surface area contributed by atoms with Gasteiger partial charge in [-0.2, -0.15) is 31.4 Å². The summed E-state index contributed by atoms with van der Waals surface area (Å²) >= 11 is 0. The Balaban J connectivity index is 0.000000303. The van der Waals surface area contributed by atoms with E-state index >= 15 is 0 Å². The smallest absolute Gasteiger partial charge is 0.475 e. The standard InChI is InChI=1S/C22H16N6O.2C2HF3O2/c29-22(25-18-2-1-10-24-14-18)20-9-13-28(26-20)21-6-5-19-4-3-17(15-27(19)21)16-7-11-23-12-8-16;2*3-2(4,5)1(6)7/h1-15H,(H,25,29);2*(H,6,7). The molecule has 3 N–H and O–H groups in total. The summed E-state index contributed by atoms with van der Waals surface area (Å²) in [6.07, 6.45) is 0.460. The molecule has 0 aromatic carbocycles. The second kappa shape index (κ2) is 13.3. The maximum atomic E-state index is 12.5. The van der Waals surface area contributed by atoms with Crippen LogP contribution in [0.15, 0.2) is 91.8 Å². The Morgan fingerprint density at radius 1 is 0.744 bits per heavy atom. The van der Waals surface area contributed by atoms with Gasteiger partial charge >= 0.3 is 24.3 Å². The molecule has 5 aromatic heterocycles. The lowest BCUT2D eigenvalue weighted by Gasteiger charge is -2.07. The number of rotatable bonds is 4. The average Bonchev–Trinajstić information content (AvgIpc) is 3.61. The van der Waals surface area contributed by atoms with Gasteiger partial charge < -0.3 is 19.9 Å². The van der Waals surface area contributed by atoms with Gasteiger partial charge in [-0.1, -0.05) is 6.07 Å². The number of pyridine rings is 3. The van der Waals surface area contributed by atoms with Gasteiger partial charge in [0.15, 0.2) is 5.69 Å². The van der Waals surface area contributed by atoms with Crippen molar-refractivity contribution in [3.8, 4) is 16.9 Å². The van der Waals surface area contributed by atoms with E-state index < -0.39 is 24.3 Å². The van der Waals surface area contributed by atoms with Crippen LogP contribution >= 0.6 is 0 Å². The highest BCUT2D eigenvalue weighted by Crippen LogP contribution is 2.22. The Labute approximate surface area is 236 Å². The molecule has 0 atom stereocenters. The second-order valence-corrected chi connectivity index (χ2v) is 8.09. The van der Waals surface area contributed by atoms with Gasteiger partial charge in [0.1, 0.15) is 5.82 Å². The van der Waals surface area contributed by atoms with E-state index in [9.17, 15) is 31.1 Å². The van der Waals surface area contributed by atoms with E-state index in [-0.39, 0.29) is 5.91 Å². The minimum absolute atomic E-state index is 0.282. The maximum absolute atomic E-state index is 12.5. The molecule has 1 amide bonds. The summed E-state index contributed by atoms with van der Waals surface area (Å²) in [4.78, 5) is 38.3. The SMILES string of the molecule is O=C(Nc1cccnc1)c1ccn(-c2ccc3ccc(-c4ccncc4)cn23)n1.O=C(O)C(F)(F)F.O=C(O)C(F)(F)F. The predicted molar refractivity (Wildman–Crippen MR) is 137 cm³/mol. The molecular formula is C26H18F6N6O5. The number of amides is 1. The van der Waals surface area contributed by atoms with Gasteiger partial charge in [0.2, 0.25) is 0 Å². The van der Waals surface area contributed by atoms with Crippen molar-refractivity contribution in [3.63, 3.8) is 0 Å². The fraction of sp³-hybridized carbons (Fsp3) is 0.0769. The number of carboxylic acids is 2. The lowest BCUT2D eigenvalue weighted by Crippen LogP contribution is -2.21. The minimum atomic E-state index is -5.08. The second-order valence-electron chi connectivity index (χ2n) is 8.09. The molecule has 0 aliphatic carbocycles. The van der Waals surface area contributed by atoms with Crippen LogP contribution in [0.25, 0.3) is 22.5 Å². The zero-order valence-corrected chi connectivity index (χ0v) is 21.3. The molecule has 0 aliphatic heterocycles. The fourth-order valence-electron chi connectivity index (χ4n) is 3.19. The molecule has 0 spiro atoms. The quantitative estimate of drug-likeness (QED) is 0.239. The molecule has 0 unspecified atom stereocenters. The molecule has 5 heterocycles. The third-order valence-corrected chi connectivity index (χ3v) is 5.10. The number of fused-ring (bicyclic) bond motifs is 1. The molecule has 17 heteroatoms. The number of hydrogen-bond acceptors (Lipinski definition) is 6. The van der Waals surface area contributed by atoms with Crippen molar-refractivity contribution < 1.29 is 50.9 Å². The van der Waals surface area contributed by atoms with E-state index in [0.29, 0.717) is 11.4 Å². The highest BCUT2D eigenvalue weighted by molar-refractivity contribution is 6.02. The number of halogens is 6. The number of aromatic nitrogens is 5. The topological polar surface area (TPSA) is 152 Å². The number of carbonyl (C=O) groups is 3. The molecule has 224 valence electrons.